The maximum Gasteiger partial charge on any atom is 0.278 e. The Kier molecular flexibility index (Phi) is 6.40. The number of nitrogens with zero attached hydrogens (tertiary/aromatic N) is 3. The third kappa shape index (κ3) is 4.72. The number of aromatic nitrogens is 3. The van der Waals surface area contributed by atoms with Gasteiger partial charge >= 0.3 is 0 Å². The molecule has 33 heavy (non-hydrogen) atoms. The predicted molar refractivity (Wildman–Crippen MR) is 122 cm³/mol. The molecule has 0 bridgehead atoms. The third-order valence-corrected chi connectivity index (χ3v) is 5.63. The summed E-state index contributed by atoms with van der Waals surface area (Å²) >= 11 is 0. The first kappa shape index (κ1) is 22.5. The number of methoxy groups -OCH3 is 2. The molecule has 1 saturated carbocycles. The van der Waals surface area contributed by atoms with Crippen molar-refractivity contribution in [3.05, 3.63) is 35.6 Å². The zero-order chi connectivity index (χ0) is 23.5. The first-order valence-electron chi connectivity index (χ1n) is 10.6. The Morgan fingerprint density at radius 1 is 1.03 bits per heavy atom. The summed E-state index contributed by atoms with van der Waals surface area (Å²) in [6, 6.07) is 6.01. The van der Waals surface area contributed by atoms with Gasteiger partial charge in [-0.25, -0.2) is 19.3 Å². The molecule has 2 heterocycles. The number of carbonyl (C=O) groups is 1. The van der Waals surface area contributed by atoms with Crippen molar-refractivity contribution in [3.8, 4) is 11.8 Å². The summed E-state index contributed by atoms with van der Waals surface area (Å²) in [4.78, 5) is 25.0. The SMILES string of the molecule is COc1nc2ccc(Nc3nc(NC4CCCCC4N)c(F)cc3C(N)=O)cc2nc1OC. The van der Waals surface area contributed by atoms with Gasteiger partial charge in [0.2, 0.25) is 0 Å². The van der Waals surface area contributed by atoms with Crippen molar-refractivity contribution in [2.24, 2.45) is 11.5 Å². The van der Waals surface area contributed by atoms with Crippen LogP contribution in [0.25, 0.3) is 11.0 Å². The van der Waals surface area contributed by atoms with Crippen molar-refractivity contribution in [1.82, 2.24) is 15.0 Å². The van der Waals surface area contributed by atoms with Gasteiger partial charge in [-0.1, -0.05) is 12.8 Å². The van der Waals surface area contributed by atoms with Gasteiger partial charge in [-0.15, -0.1) is 0 Å². The Labute approximate surface area is 189 Å². The number of carbonyl (C=O) groups excluding carboxylic acids is 1. The highest BCUT2D eigenvalue weighted by atomic mass is 19.1. The minimum absolute atomic E-state index is 0.0110. The van der Waals surface area contributed by atoms with Gasteiger partial charge in [-0.05, 0) is 37.1 Å². The van der Waals surface area contributed by atoms with Crippen LogP contribution in [-0.2, 0) is 0 Å². The van der Waals surface area contributed by atoms with Crippen LogP contribution in [0.3, 0.4) is 0 Å². The van der Waals surface area contributed by atoms with Gasteiger partial charge in [0.05, 0.1) is 30.8 Å². The Morgan fingerprint density at radius 3 is 2.39 bits per heavy atom. The van der Waals surface area contributed by atoms with E-state index in [9.17, 15) is 9.18 Å². The van der Waals surface area contributed by atoms with Crippen LogP contribution in [0.1, 0.15) is 36.0 Å². The molecule has 2 unspecified atom stereocenters. The topological polar surface area (TPSA) is 150 Å². The van der Waals surface area contributed by atoms with Gasteiger partial charge in [0.25, 0.3) is 17.7 Å². The normalized spacial score (nSPS) is 18.1. The molecule has 1 amide bonds. The molecule has 3 aromatic rings. The zero-order valence-electron chi connectivity index (χ0n) is 18.4. The summed E-state index contributed by atoms with van der Waals surface area (Å²) in [5, 5.41) is 6.13. The average Bonchev–Trinajstić information content (AvgIpc) is 2.81. The van der Waals surface area contributed by atoms with Crippen molar-refractivity contribution in [1.29, 1.82) is 0 Å². The van der Waals surface area contributed by atoms with E-state index >= 15 is 0 Å². The number of nitrogens with one attached hydrogen (secondary N) is 2. The molecule has 6 N–H and O–H groups in total. The van der Waals surface area contributed by atoms with E-state index in [1.54, 1.807) is 18.2 Å². The molecule has 11 heteroatoms. The van der Waals surface area contributed by atoms with Crippen LogP contribution < -0.4 is 31.6 Å². The summed E-state index contributed by atoms with van der Waals surface area (Å²) in [5.74, 6) is -0.862. The van der Waals surface area contributed by atoms with Crippen LogP contribution in [0.15, 0.2) is 24.3 Å². The molecule has 174 valence electrons. The highest BCUT2D eigenvalue weighted by Gasteiger charge is 2.24. The number of hydrogen-bond donors (Lipinski definition) is 4. The van der Waals surface area contributed by atoms with E-state index in [4.69, 9.17) is 20.9 Å². The van der Waals surface area contributed by atoms with Crippen molar-refractivity contribution in [3.63, 3.8) is 0 Å². The largest absolute Gasteiger partial charge is 0.477 e. The molecule has 0 spiro atoms. The van der Waals surface area contributed by atoms with Crippen molar-refractivity contribution in [2.75, 3.05) is 24.9 Å². The number of primary amides is 1. The lowest BCUT2D eigenvalue weighted by atomic mass is 9.91. The second-order valence-electron chi connectivity index (χ2n) is 7.85. The van der Waals surface area contributed by atoms with E-state index < -0.39 is 11.7 Å². The fourth-order valence-corrected chi connectivity index (χ4v) is 3.89. The van der Waals surface area contributed by atoms with Crippen molar-refractivity contribution in [2.45, 2.75) is 37.8 Å². The Balaban J connectivity index is 1.68. The smallest absolute Gasteiger partial charge is 0.278 e. The number of nitrogens with two attached hydrogens (primary N) is 2. The molecule has 1 aliphatic rings. The number of halogens is 1. The minimum Gasteiger partial charge on any atom is -0.477 e. The minimum atomic E-state index is -0.809. The number of benzene rings is 1. The van der Waals surface area contributed by atoms with Crippen LogP contribution in [0.4, 0.5) is 21.7 Å². The molecule has 2 atom stereocenters. The zero-order valence-corrected chi connectivity index (χ0v) is 18.4. The highest BCUT2D eigenvalue weighted by molar-refractivity contribution is 5.99. The summed E-state index contributed by atoms with van der Waals surface area (Å²) < 4.78 is 25.1. The van der Waals surface area contributed by atoms with Crippen LogP contribution in [0, 0.1) is 5.82 Å². The van der Waals surface area contributed by atoms with E-state index in [1.165, 1.54) is 14.2 Å². The van der Waals surface area contributed by atoms with Gasteiger partial charge in [-0.2, -0.15) is 0 Å². The van der Waals surface area contributed by atoms with E-state index in [2.05, 4.69) is 25.6 Å². The lowest BCUT2D eigenvalue weighted by Gasteiger charge is -2.30. The first-order valence-corrected chi connectivity index (χ1v) is 10.6. The molecular weight excluding hydrogens is 429 g/mol. The number of fused-ring (bicyclic) bond motifs is 1. The summed E-state index contributed by atoms with van der Waals surface area (Å²) in [6.07, 6.45) is 3.72. The van der Waals surface area contributed by atoms with E-state index in [0.29, 0.717) is 16.7 Å². The second-order valence-corrected chi connectivity index (χ2v) is 7.85. The van der Waals surface area contributed by atoms with E-state index in [0.717, 1.165) is 31.7 Å². The lowest BCUT2D eigenvalue weighted by Crippen LogP contribution is -2.43. The highest BCUT2D eigenvalue weighted by Crippen LogP contribution is 2.29. The molecule has 1 aromatic carbocycles. The van der Waals surface area contributed by atoms with Crippen molar-refractivity contribution < 1.29 is 18.7 Å². The van der Waals surface area contributed by atoms with Gasteiger partial charge < -0.3 is 31.6 Å². The molecule has 10 nitrogen and oxygen atoms in total. The second kappa shape index (κ2) is 9.41. The Morgan fingerprint density at radius 2 is 1.73 bits per heavy atom. The number of anilines is 3. The molecule has 0 saturated heterocycles. The molecule has 4 rings (SSSR count). The third-order valence-electron chi connectivity index (χ3n) is 5.63. The maximum atomic E-state index is 14.7. The van der Waals surface area contributed by atoms with Gasteiger partial charge in [-0.3, -0.25) is 4.79 Å². The summed E-state index contributed by atoms with van der Waals surface area (Å²) in [7, 11) is 2.94. The van der Waals surface area contributed by atoms with Crippen LogP contribution in [-0.4, -0.2) is 47.2 Å². The molecule has 1 aliphatic carbocycles. The molecule has 1 fully saturated rings. The number of ether oxygens (including phenoxy) is 2. The molecule has 0 radical (unpaired) electrons. The average molecular weight is 455 g/mol. The molecule has 2 aromatic heterocycles. The number of amides is 1. The van der Waals surface area contributed by atoms with E-state index in [-0.39, 0.29) is 41.0 Å². The Hall–Kier alpha value is -3.73. The monoisotopic (exact) mass is 455 g/mol. The lowest BCUT2D eigenvalue weighted by molar-refractivity contribution is 0.100. The van der Waals surface area contributed by atoms with Gasteiger partial charge in [0.1, 0.15) is 5.82 Å². The quantitative estimate of drug-likeness (QED) is 0.421. The number of pyridine rings is 1. The van der Waals surface area contributed by atoms with Crippen molar-refractivity contribution >= 4 is 34.3 Å². The summed E-state index contributed by atoms with van der Waals surface area (Å²) in [6.45, 7) is 0. The molecular formula is C22H26FN7O3. The van der Waals surface area contributed by atoms with Gasteiger partial charge in [0, 0.05) is 17.8 Å². The number of rotatable bonds is 7. The van der Waals surface area contributed by atoms with Crippen LogP contribution in [0.5, 0.6) is 11.8 Å². The standard InChI is InChI=1S/C22H26FN7O3/c1-32-21-22(33-2)29-17-9-11(7-8-16(17)28-21)26-19-12(18(25)31)10-13(23)20(30-19)27-15-6-4-3-5-14(15)24/h7-10,14-15H,3-6,24H2,1-2H3,(H2,25,31)(H2,26,27,30). The fourth-order valence-electron chi connectivity index (χ4n) is 3.89. The van der Waals surface area contributed by atoms with Crippen LogP contribution in [0.2, 0.25) is 0 Å². The van der Waals surface area contributed by atoms with Crippen LogP contribution >= 0.6 is 0 Å². The fraction of sp³-hybridized carbons (Fsp3) is 0.364. The van der Waals surface area contributed by atoms with Gasteiger partial charge in [0.15, 0.2) is 11.6 Å². The maximum absolute atomic E-state index is 14.7. The predicted octanol–water partition coefficient (Wildman–Crippen LogP) is 2.71. The number of hydrogen-bond acceptors (Lipinski definition) is 9. The Bertz CT molecular complexity index is 1190. The van der Waals surface area contributed by atoms with E-state index in [1.807, 2.05) is 0 Å². The summed E-state index contributed by atoms with van der Waals surface area (Å²) in [5.41, 5.74) is 13.2. The first-order chi connectivity index (χ1) is 15.9. The molecule has 0 aliphatic heterocycles.